The number of benzene rings is 2. The highest BCUT2D eigenvalue weighted by molar-refractivity contribution is 7.92. The van der Waals surface area contributed by atoms with Gasteiger partial charge in [-0.1, -0.05) is 29.3 Å². The van der Waals surface area contributed by atoms with Crippen molar-refractivity contribution >= 4 is 15.7 Å². The SMILES string of the molecule is CC1=CC[C@@H]2[C@@H](C1)c1c(cc(O)cc1N(C)S(=O)(=O)c1ccc(C)cc1)OC2(C)C. The first-order valence-corrected chi connectivity index (χ1v) is 11.7. The molecule has 1 aliphatic heterocycles. The maximum atomic E-state index is 13.4. The molecule has 1 aliphatic carbocycles. The average Bonchev–Trinajstić information content (AvgIpc) is 2.66. The molecule has 6 heteroatoms. The fraction of sp³-hybridized carbons (Fsp3) is 0.417. The Bertz CT molecular complexity index is 1120. The lowest BCUT2D eigenvalue weighted by Crippen LogP contribution is -2.46. The maximum Gasteiger partial charge on any atom is 0.264 e. The molecular formula is C24H29NO4S. The highest BCUT2D eigenvalue weighted by Crippen LogP contribution is 2.55. The zero-order valence-corrected chi connectivity index (χ0v) is 19.0. The van der Waals surface area contributed by atoms with Gasteiger partial charge in [-0.2, -0.15) is 0 Å². The molecule has 5 nitrogen and oxygen atoms in total. The van der Waals surface area contributed by atoms with Crippen molar-refractivity contribution in [3.05, 3.63) is 59.2 Å². The Morgan fingerprint density at radius 3 is 2.47 bits per heavy atom. The Labute approximate surface area is 179 Å². The number of rotatable bonds is 3. The van der Waals surface area contributed by atoms with Crippen LogP contribution in [0.4, 0.5) is 5.69 Å². The Hall–Kier alpha value is -2.47. The largest absolute Gasteiger partial charge is 0.508 e. The molecule has 0 fully saturated rings. The van der Waals surface area contributed by atoms with Gasteiger partial charge in [-0.15, -0.1) is 0 Å². The van der Waals surface area contributed by atoms with Crippen LogP contribution in [-0.2, 0) is 10.0 Å². The molecule has 2 aliphatic rings. The third kappa shape index (κ3) is 3.37. The Balaban J connectivity index is 1.87. The van der Waals surface area contributed by atoms with E-state index in [4.69, 9.17) is 4.74 Å². The van der Waals surface area contributed by atoms with Crippen molar-refractivity contribution in [3.8, 4) is 11.5 Å². The summed E-state index contributed by atoms with van der Waals surface area (Å²) in [5.41, 5.74) is 3.22. The van der Waals surface area contributed by atoms with Crippen LogP contribution in [0.3, 0.4) is 0 Å². The van der Waals surface area contributed by atoms with E-state index in [-0.39, 0.29) is 22.5 Å². The van der Waals surface area contributed by atoms with Crippen LogP contribution in [0.5, 0.6) is 11.5 Å². The van der Waals surface area contributed by atoms with Crippen molar-refractivity contribution in [2.45, 2.75) is 57.0 Å². The van der Waals surface area contributed by atoms with Gasteiger partial charge in [0.25, 0.3) is 10.0 Å². The minimum Gasteiger partial charge on any atom is -0.508 e. The summed E-state index contributed by atoms with van der Waals surface area (Å²) in [5.74, 6) is 0.913. The molecule has 1 N–H and O–H groups in total. The number of phenolic OH excluding ortho intramolecular Hbond substituents is 1. The molecule has 0 aromatic heterocycles. The van der Waals surface area contributed by atoms with Gasteiger partial charge < -0.3 is 9.84 Å². The summed E-state index contributed by atoms with van der Waals surface area (Å²) in [7, 11) is -2.24. The van der Waals surface area contributed by atoms with Gasteiger partial charge in [0.15, 0.2) is 0 Å². The smallest absolute Gasteiger partial charge is 0.264 e. The Morgan fingerprint density at radius 2 is 1.80 bits per heavy atom. The van der Waals surface area contributed by atoms with Gasteiger partial charge in [0.1, 0.15) is 17.1 Å². The molecule has 30 heavy (non-hydrogen) atoms. The fourth-order valence-corrected chi connectivity index (χ4v) is 6.02. The van der Waals surface area contributed by atoms with Crippen LogP contribution < -0.4 is 9.04 Å². The average molecular weight is 428 g/mol. The quantitative estimate of drug-likeness (QED) is 0.689. The summed E-state index contributed by atoms with van der Waals surface area (Å²) in [5, 5.41) is 10.4. The zero-order chi connectivity index (χ0) is 21.8. The van der Waals surface area contributed by atoms with Gasteiger partial charge in [-0.3, -0.25) is 4.31 Å². The molecule has 0 bridgehead atoms. The molecule has 2 atom stereocenters. The molecule has 1 heterocycles. The third-order valence-electron chi connectivity index (χ3n) is 6.51. The summed E-state index contributed by atoms with van der Waals surface area (Å²) in [6, 6.07) is 9.96. The van der Waals surface area contributed by atoms with Crippen molar-refractivity contribution in [3.63, 3.8) is 0 Å². The lowest BCUT2D eigenvalue weighted by atomic mass is 9.67. The van der Waals surface area contributed by atoms with Crippen LogP contribution in [0, 0.1) is 12.8 Å². The van der Waals surface area contributed by atoms with E-state index >= 15 is 0 Å². The van der Waals surface area contributed by atoms with E-state index in [1.54, 1.807) is 37.4 Å². The molecule has 4 rings (SSSR count). The molecule has 0 saturated heterocycles. The van der Waals surface area contributed by atoms with E-state index in [9.17, 15) is 13.5 Å². The van der Waals surface area contributed by atoms with E-state index in [1.807, 2.05) is 6.92 Å². The number of sulfonamides is 1. The summed E-state index contributed by atoms with van der Waals surface area (Å²) in [4.78, 5) is 0.223. The second kappa shape index (κ2) is 7.05. The zero-order valence-electron chi connectivity index (χ0n) is 18.1. The number of phenols is 1. The maximum absolute atomic E-state index is 13.4. The molecule has 160 valence electrons. The predicted octanol–water partition coefficient (Wildman–Crippen LogP) is 5.14. The van der Waals surface area contributed by atoms with Crippen molar-refractivity contribution < 1.29 is 18.3 Å². The highest BCUT2D eigenvalue weighted by atomic mass is 32.2. The van der Waals surface area contributed by atoms with Crippen LogP contribution in [0.15, 0.2) is 52.9 Å². The topological polar surface area (TPSA) is 66.8 Å². The van der Waals surface area contributed by atoms with E-state index in [1.165, 1.54) is 15.9 Å². The minimum absolute atomic E-state index is 0.00738. The van der Waals surface area contributed by atoms with Crippen molar-refractivity contribution in [2.75, 3.05) is 11.4 Å². The second-order valence-electron chi connectivity index (χ2n) is 9.07. The van der Waals surface area contributed by atoms with Gasteiger partial charge in [0.05, 0.1) is 10.6 Å². The number of ether oxygens (including phenoxy) is 1. The molecule has 2 aromatic carbocycles. The van der Waals surface area contributed by atoms with Gasteiger partial charge in [-0.05, 0) is 52.7 Å². The number of anilines is 1. The standard InChI is InChI=1S/C24H29NO4S/c1-15-6-9-18(10-7-15)30(27,28)25(5)21-13-17(26)14-22-23(21)19-12-16(2)8-11-20(19)24(3,4)29-22/h6-10,13-14,19-20,26H,11-12H2,1-5H3/t19-,20-/m1/s1. The number of hydrogen-bond donors (Lipinski definition) is 1. The van der Waals surface area contributed by atoms with Crippen molar-refractivity contribution in [1.82, 2.24) is 0 Å². The predicted molar refractivity (Wildman–Crippen MR) is 119 cm³/mol. The van der Waals surface area contributed by atoms with E-state index in [0.717, 1.165) is 24.0 Å². The van der Waals surface area contributed by atoms with Crippen LogP contribution in [0.1, 0.15) is 50.7 Å². The lowest BCUT2D eigenvalue weighted by Gasteiger charge is -2.47. The monoisotopic (exact) mass is 427 g/mol. The van der Waals surface area contributed by atoms with Crippen LogP contribution >= 0.6 is 0 Å². The number of allylic oxidation sites excluding steroid dienone is 2. The number of fused-ring (bicyclic) bond motifs is 3. The highest BCUT2D eigenvalue weighted by Gasteiger charge is 2.46. The first kappa shape index (κ1) is 20.8. The van der Waals surface area contributed by atoms with E-state index in [0.29, 0.717) is 11.4 Å². The molecule has 0 unspecified atom stereocenters. The number of nitrogens with zero attached hydrogens (tertiary/aromatic N) is 1. The number of aromatic hydroxyl groups is 1. The van der Waals surface area contributed by atoms with Crippen LogP contribution in [0.2, 0.25) is 0 Å². The van der Waals surface area contributed by atoms with Crippen LogP contribution in [0.25, 0.3) is 0 Å². The lowest BCUT2D eigenvalue weighted by molar-refractivity contribution is 0.00865. The van der Waals surface area contributed by atoms with E-state index in [2.05, 4.69) is 26.8 Å². The van der Waals surface area contributed by atoms with Gasteiger partial charge in [0.2, 0.25) is 0 Å². The normalized spacial score (nSPS) is 22.4. The van der Waals surface area contributed by atoms with Gasteiger partial charge in [-0.25, -0.2) is 8.42 Å². The Morgan fingerprint density at radius 1 is 1.13 bits per heavy atom. The number of hydrogen-bond acceptors (Lipinski definition) is 4. The molecule has 0 radical (unpaired) electrons. The molecule has 0 spiro atoms. The van der Waals surface area contributed by atoms with E-state index < -0.39 is 15.6 Å². The second-order valence-corrected chi connectivity index (χ2v) is 11.0. The molecule has 2 aromatic rings. The van der Waals surface area contributed by atoms with Gasteiger partial charge in [0, 0.05) is 36.6 Å². The number of aryl methyl sites for hydroxylation is 1. The summed E-state index contributed by atoms with van der Waals surface area (Å²) in [6.07, 6.45) is 3.99. The molecular weight excluding hydrogens is 398 g/mol. The first-order chi connectivity index (χ1) is 14.0. The summed E-state index contributed by atoms with van der Waals surface area (Å²) in [6.45, 7) is 8.17. The van der Waals surface area contributed by atoms with Crippen LogP contribution in [-0.4, -0.2) is 26.2 Å². The molecule has 0 amide bonds. The fourth-order valence-electron chi connectivity index (χ4n) is 4.81. The summed E-state index contributed by atoms with van der Waals surface area (Å²) >= 11 is 0. The van der Waals surface area contributed by atoms with Gasteiger partial charge >= 0.3 is 0 Å². The first-order valence-electron chi connectivity index (χ1n) is 10.3. The minimum atomic E-state index is -3.79. The van der Waals surface area contributed by atoms with Crippen molar-refractivity contribution in [1.29, 1.82) is 0 Å². The third-order valence-corrected chi connectivity index (χ3v) is 8.29. The summed E-state index contributed by atoms with van der Waals surface area (Å²) < 4.78 is 34.4. The molecule has 0 saturated carbocycles. The van der Waals surface area contributed by atoms with Crippen molar-refractivity contribution in [2.24, 2.45) is 5.92 Å². The Kier molecular flexibility index (Phi) is 4.88.